The van der Waals surface area contributed by atoms with Crippen LogP contribution < -0.4 is 0 Å². The third kappa shape index (κ3) is 4.24. The monoisotopic (exact) mass is 490 g/mol. The number of amides is 2. The molecule has 2 aromatic carbocycles. The molecule has 9 heteroatoms. The molecular weight excluding hydrogens is 475 g/mol. The van der Waals surface area contributed by atoms with Gasteiger partial charge in [-0.3, -0.25) is 14.7 Å². The van der Waals surface area contributed by atoms with Crippen LogP contribution in [-0.2, 0) is 0 Å². The maximum atomic E-state index is 13.2. The molecule has 0 bridgehead atoms. The van der Waals surface area contributed by atoms with Gasteiger partial charge in [-0.25, -0.2) is 4.39 Å². The largest absolute Gasteiger partial charge is 0.335 e. The molecule has 1 fully saturated rings. The summed E-state index contributed by atoms with van der Waals surface area (Å²) in [7, 11) is 0. The minimum absolute atomic E-state index is 0.0800. The summed E-state index contributed by atoms with van der Waals surface area (Å²) in [6.45, 7) is 1.50. The Morgan fingerprint density at radius 2 is 1.60 bits per heavy atom. The SMILES string of the molecule is O=C(c1cc(-c2ccc(Br)cc2)n[nH]1)N1CCN(C(=O)c2ccc(F)cc2Cl)CC1. The first-order valence-electron chi connectivity index (χ1n) is 9.27. The van der Waals surface area contributed by atoms with Crippen molar-refractivity contribution in [3.63, 3.8) is 0 Å². The highest BCUT2D eigenvalue weighted by Crippen LogP contribution is 2.22. The molecule has 1 saturated heterocycles. The van der Waals surface area contributed by atoms with Crippen LogP contribution in [0.1, 0.15) is 20.8 Å². The van der Waals surface area contributed by atoms with Crippen LogP contribution in [0.3, 0.4) is 0 Å². The Morgan fingerprint density at radius 1 is 0.967 bits per heavy atom. The van der Waals surface area contributed by atoms with Crippen molar-refractivity contribution >= 4 is 39.3 Å². The molecule has 2 heterocycles. The lowest BCUT2D eigenvalue weighted by molar-refractivity contribution is 0.0532. The van der Waals surface area contributed by atoms with Gasteiger partial charge in [-0.2, -0.15) is 5.10 Å². The summed E-state index contributed by atoms with van der Waals surface area (Å²) < 4.78 is 14.2. The number of benzene rings is 2. The molecule has 3 aromatic rings. The highest BCUT2D eigenvalue weighted by atomic mass is 79.9. The zero-order valence-corrected chi connectivity index (χ0v) is 18.1. The minimum atomic E-state index is -0.492. The Balaban J connectivity index is 1.40. The van der Waals surface area contributed by atoms with Crippen molar-refractivity contribution in [1.29, 1.82) is 0 Å². The quantitative estimate of drug-likeness (QED) is 0.596. The van der Waals surface area contributed by atoms with E-state index in [1.54, 1.807) is 15.9 Å². The average molecular weight is 492 g/mol. The van der Waals surface area contributed by atoms with Crippen molar-refractivity contribution in [2.45, 2.75) is 0 Å². The number of nitrogens with zero attached hydrogens (tertiary/aromatic N) is 3. The molecule has 0 spiro atoms. The van der Waals surface area contributed by atoms with Crippen molar-refractivity contribution in [3.8, 4) is 11.3 Å². The molecule has 0 saturated carbocycles. The van der Waals surface area contributed by atoms with Gasteiger partial charge in [-0.05, 0) is 36.4 Å². The highest BCUT2D eigenvalue weighted by Gasteiger charge is 2.27. The van der Waals surface area contributed by atoms with E-state index in [1.807, 2.05) is 24.3 Å². The molecule has 0 radical (unpaired) electrons. The van der Waals surface area contributed by atoms with Gasteiger partial charge in [-0.1, -0.05) is 39.7 Å². The third-order valence-corrected chi connectivity index (χ3v) is 5.81. The summed E-state index contributed by atoms with van der Waals surface area (Å²) in [5, 5.41) is 7.12. The van der Waals surface area contributed by atoms with Crippen LogP contribution in [0.5, 0.6) is 0 Å². The Labute approximate surface area is 185 Å². The fourth-order valence-electron chi connectivity index (χ4n) is 3.32. The van der Waals surface area contributed by atoms with Gasteiger partial charge < -0.3 is 9.80 Å². The van der Waals surface area contributed by atoms with Gasteiger partial charge in [0.2, 0.25) is 0 Å². The highest BCUT2D eigenvalue weighted by molar-refractivity contribution is 9.10. The number of aromatic amines is 1. The molecular formula is C21H17BrClFN4O2. The van der Waals surface area contributed by atoms with Gasteiger partial charge in [0.25, 0.3) is 11.8 Å². The van der Waals surface area contributed by atoms with E-state index in [2.05, 4.69) is 26.1 Å². The van der Waals surface area contributed by atoms with Crippen molar-refractivity contribution in [3.05, 3.63) is 75.1 Å². The van der Waals surface area contributed by atoms with E-state index in [9.17, 15) is 14.0 Å². The minimum Gasteiger partial charge on any atom is -0.335 e. The summed E-state index contributed by atoms with van der Waals surface area (Å²) in [5.41, 5.74) is 2.24. The molecule has 0 unspecified atom stereocenters. The first kappa shape index (κ1) is 20.6. The Kier molecular flexibility index (Phi) is 5.87. The van der Waals surface area contributed by atoms with E-state index in [4.69, 9.17) is 11.6 Å². The number of H-pyrrole nitrogens is 1. The lowest BCUT2D eigenvalue weighted by Gasteiger charge is -2.34. The second-order valence-electron chi connectivity index (χ2n) is 6.88. The second-order valence-corrected chi connectivity index (χ2v) is 8.21. The van der Waals surface area contributed by atoms with E-state index >= 15 is 0 Å². The third-order valence-electron chi connectivity index (χ3n) is 4.96. The average Bonchev–Trinajstić information content (AvgIpc) is 3.24. The molecule has 0 aliphatic carbocycles. The number of carbonyl (C=O) groups excluding carboxylic acids is 2. The Hall–Kier alpha value is -2.71. The van der Waals surface area contributed by atoms with E-state index in [0.29, 0.717) is 37.6 Å². The Bertz CT molecular complexity index is 1090. The number of nitrogens with one attached hydrogen (secondary N) is 1. The second kappa shape index (κ2) is 8.57. The molecule has 154 valence electrons. The van der Waals surface area contributed by atoms with Gasteiger partial charge in [0.05, 0.1) is 16.3 Å². The van der Waals surface area contributed by atoms with Crippen LogP contribution in [0, 0.1) is 5.82 Å². The number of hydrogen-bond acceptors (Lipinski definition) is 3. The smallest absolute Gasteiger partial charge is 0.272 e. The van der Waals surface area contributed by atoms with Crippen LogP contribution in [-0.4, -0.2) is 58.0 Å². The molecule has 2 amide bonds. The topological polar surface area (TPSA) is 69.3 Å². The molecule has 4 rings (SSSR count). The first-order chi connectivity index (χ1) is 14.4. The number of aromatic nitrogens is 2. The number of piperazine rings is 1. The van der Waals surface area contributed by atoms with Crippen LogP contribution in [0.25, 0.3) is 11.3 Å². The van der Waals surface area contributed by atoms with Gasteiger partial charge in [0.15, 0.2) is 0 Å². The summed E-state index contributed by atoms with van der Waals surface area (Å²) in [5.74, 6) is -0.932. The summed E-state index contributed by atoms with van der Waals surface area (Å²) in [6, 6.07) is 13.1. The summed E-state index contributed by atoms with van der Waals surface area (Å²) >= 11 is 9.39. The Morgan fingerprint density at radius 3 is 2.23 bits per heavy atom. The molecule has 1 aromatic heterocycles. The van der Waals surface area contributed by atoms with Crippen LogP contribution in [0.15, 0.2) is 53.0 Å². The van der Waals surface area contributed by atoms with Crippen molar-refractivity contribution in [1.82, 2.24) is 20.0 Å². The number of halogens is 3. The number of carbonyl (C=O) groups is 2. The van der Waals surface area contributed by atoms with Crippen LogP contribution in [0.2, 0.25) is 5.02 Å². The van der Waals surface area contributed by atoms with E-state index in [1.165, 1.54) is 12.1 Å². The van der Waals surface area contributed by atoms with E-state index in [-0.39, 0.29) is 22.4 Å². The predicted octanol–water partition coefficient (Wildman–Crippen LogP) is 4.23. The predicted molar refractivity (Wildman–Crippen MR) is 115 cm³/mol. The maximum Gasteiger partial charge on any atom is 0.272 e. The number of hydrogen-bond donors (Lipinski definition) is 1. The first-order valence-corrected chi connectivity index (χ1v) is 10.4. The normalized spacial score (nSPS) is 14.1. The number of rotatable bonds is 3. The maximum absolute atomic E-state index is 13.2. The van der Waals surface area contributed by atoms with Crippen molar-refractivity contribution in [2.24, 2.45) is 0 Å². The zero-order chi connectivity index (χ0) is 21.3. The van der Waals surface area contributed by atoms with Gasteiger partial charge in [-0.15, -0.1) is 0 Å². The molecule has 1 N–H and O–H groups in total. The van der Waals surface area contributed by atoms with Crippen LogP contribution in [0.4, 0.5) is 4.39 Å². The molecule has 6 nitrogen and oxygen atoms in total. The molecule has 1 aliphatic heterocycles. The zero-order valence-electron chi connectivity index (χ0n) is 15.7. The van der Waals surface area contributed by atoms with E-state index in [0.717, 1.165) is 16.1 Å². The lowest BCUT2D eigenvalue weighted by Crippen LogP contribution is -2.50. The van der Waals surface area contributed by atoms with E-state index < -0.39 is 5.82 Å². The fraction of sp³-hybridized carbons (Fsp3) is 0.190. The van der Waals surface area contributed by atoms with Gasteiger partial charge >= 0.3 is 0 Å². The summed E-state index contributed by atoms with van der Waals surface area (Å²) in [4.78, 5) is 28.8. The molecule has 0 atom stereocenters. The standard InChI is InChI=1S/C21H17BrClFN4O2/c22-14-3-1-13(2-4-14)18-12-19(26-25-18)21(30)28-9-7-27(8-10-28)20(29)16-6-5-15(24)11-17(16)23/h1-6,11-12H,7-10H2,(H,25,26). The fourth-order valence-corrected chi connectivity index (χ4v) is 3.83. The van der Waals surface area contributed by atoms with Crippen molar-refractivity contribution in [2.75, 3.05) is 26.2 Å². The van der Waals surface area contributed by atoms with Gasteiger partial charge in [0.1, 0.15) is 11.5 Å². The van der Waals surface area contributed by atoms with Gasteiger partial charge in [0, 0.05) is 36.2 Å². The molecule has 1 aliphatic rings. The lowest BCUT2D eigenvalue weighted by atomic mass is 10.1. The molecule has 30 heavy (non-hydrogen) atoms. The van der Waals surface area contributed by atoms with Crippen LogP contribution >= 0.6 is 27.5 Å². The summed E-state index contributed by atoms with van der Waals surface area (Å²) in [6.07, 6.45) is 0. The van der Waals surface area contributed by atoms with Crippen molar-refractivity contribution < 1.29 is 14.0 Å².